The van der Waals surface area contributed by atoms with Crippen molar-refractivity contribution in [2.24, 2.45) is 11.8 Å². The van der Waals surface area contributed by atoms with E-state index in [4.69, 9.17) is 14.7 Å². The number of carbonyl (C=O) groups excluding carboxylic acids is 2. The molecule has 1 unspecified atom stereocenters. The molecule has 0 spiro atoms. The van der Waals surface area contributed by atoms with Gasteiger partial charge in [0.15, 0.2) is 6.10 Å². The van der Waals surface area contributed by atoms with Crippen molar-refractivity contribution >= 4 is 18.0 Å². The Balaban J connectivity index is 1.16. The lowest BCUT2D eigenvalue weighted by molar-refractivity contribution is -0.159. The fraction of sp³-hybridized carbons (Fsp3) is 0.400. The van der Waals surface area contributed by atoms with E-state index >= 15 is 0 Å². The zero-order valence-electron chi connectivity index (χ0n) is 18.5. The number of aliphatic carboxylic acids is 1. The molecule has 1 fully saturated rings. The smallest absolute Gasteiger partial charge is 0.407 e. The SMILES string of the molecule is CC(ONC(=O)CC1CC(CNC(=O)OCC2c3ccccc3-c3ccccc32)C1)C(=O)O. The van der Waals surface area contributed by atoms with Crippen molar-refractivity contribution < 1.29 is 29.1 Å². The Hall–Kier alpha value is -3.39. The molecular formula is C25H28N2O6. The third kappa shape index (κ3) is 5.34. The Morgan fingerprint density at radius 3 is 2.21 bits per heavy atom. The van der Waals surface area contributed by atoms with Crippen molar-refractivity contribution in [3.8, 4) is 11.1 Å². The Morgan fingerprint density at radius 2 is 1.61 bits per heavy atom. The minimum Gasteiger partial charge on any atom is -0.479 e. The molecule has 0 aliphatic heterocycles. The molecule has 174 valence electrons. The van der Waals surface area contributed by atoms with Crippen LogP contribution in [0.5, 0.6) is 0 Å². The van der Waals surface area contributed by atoms with Gasteiger partial charge in [0.1, 0.15) is 6.61 Å². The molecule has 2 amide bonds. The van der Waals surface area contributed by atoms with E-state index in [0.29, 0.717) is 12.5 Å². The van der Waals surface area contributed by atoms with Gasteiger partial charge < -0.3 is 15.2 Å². The maximum atomic E-state index is 12.3. The molecule has 1 saturated carbocycles. The molecule has 2 aromatic rings. The molecule has 0 heterocycles. The van der Waals surface area contributed by atoms with Crippen LogP contribution in [0.2, 0.25) is 0 Å². The van der Waals surface area contributed by atoms with E-state index in [0.717, 1.165) is 12.8 Å². The number of benzene rings is 2. The van der Waals surface area contributed by atoms with Gasteiger partial charge >= 0.3 is 12.1 Å². The summed E-state index contributed by atoms with van der Waals surface area (Å²) in [5.41, 5.74) is 6.90. The Bertz CT molecular complexity index is 988. The first-order valence-corrected chi connectivity index (χ1v) is 11.2. The van der Waals surface area contributed by atoms with Gasteiger partial charge in [-0.2, -0.15) is 0 Å². The van der Waals surface area contributed by atoms with Crippen molar-refractivity contribution in [2.45, 2.75) is 38.2 Å². The topological polar surface area (TPSA) is 114 Å². The number of hydroxylamine groups is 1. The van der Waals surface area contributed by atoms with Crippen molar-refractivity contribution in [3.05, 3.63) is 59.7 Å². The van der Waals surface area contributed by atoms with Crippen LogP contribution in [0.3, 0.4) is 0 Å². The van der Waals surface area contributed by atoms with Crippen molar-refractivity contribution in [2.75, 3.05) is 13.2 Å². The van der Waals surface area contributed by atoms with E-state index in [2.05, 4.69) is 35.1 Å². The molecule has 3 N–H and O–H groups in total. The van der Waals surface area contributed by atoms with Crippen LogP contribution in [0.25, 0.3) is 11.1 Å². The highest BCUT2D eigenvalue weighted by Crippen LogP contribution is 2.44. The van der Waals surface area contributed by atoms with Crippen LogP contribution >= 0.6 is 0 Å². The van der Waals surface area contributed by atoms with Crippen LogP contribution in [0.1, 0.15) is 43.2 Å². The molecule has 0 bridgehead atoms. The van der Waals surface area contributed by atoms with Gasteiger partial charge in [0.05, 0.1) is 0 Å². The van der Waals surface area contributed by atoms with E-state index in [-0.39, 0.29) is 30.8 Å². The van der Waals surface area contributed by atoms with Gasteiger partial charge in [-0.05, 0) is 53.9 Å². The van der Waals surface area contributed by atoms with Gasteiger partial charge in [-0.15, -0.1) is 0 Å². The lowest BCUT2D eigenvalue weighted by Crippen LogP contribution is -2.39. The second kappa shape index (κ2) is 10.0. The summed E-state index contributed by atoms with van der Waals surface area (Å²) in [7, 11) is 0. The molecule has 8 nitrogen and oxygen atoms in total. The molecule has 0 saturated heterocycles. The molecule has 8 heteroatoms. The first-order valence-electron chi connectivity index (χ1n) is 11.2. The zero-order valence-corrected chi connectivity index (χ0v) is 18.5. The summed E-state index contributed by atoms with van der Waals surface area (Å²) in [5.74, 6) is -0.958. The molecule has 2 aliphatic carbocycles. The third-order valence-corrected chi connectivity index (χ3v) is 6.38. The average molecular weight is 453 g/mol. The predicted octanol–water partition coefficient (Wildman–Crippen LogP) is 3.46. The molecule has 1 atom stereocenters. The number of amides is 2. The number of nitrogens with one attached hydrogen (secondary N) is 2. The van der Waals surface area contributed by atoms with Gasteiger partial charge in [0.2, 0.25) is 5.91 Å². The highest BCUT2D eigenvalue weighted by Gasteiger charge is 2.32. The molecule has 2 aliphatic rings. The maximum Gasteiger partial charge on any atom is 0.407 e. The fourth-order valence-corrected chi connectivity index (χ4v) is 4.59. The summed E-state index contributed by atoms with van der Waals surface area (Å²) in [4.78, 5) is 39.5. The summed E-state index contributed by atoms with van der Waals surface area (Å²) in [5, 5.41) is 11.6. The minimum atomic E-state index is -1.14. The molecular weight excluding hydrogens is 424 g/mol. The van der Waals surface area contributed by atoms with Crippen LogP contribution < -0.4 is 10.8 Å². The summed E-state index contributed by atoms with van der Waals surface area (Å²) in [6.45, 7) is 2.13. The lowest BCUT2D eigenvalue weighted by atomic mass is 9.73. The summed E-state index contributed by atoms with van der Waals surface area (Å²) >= 11 is 0. The van der Waals surface area contributed by atoms with Gasteiger partial charge in [0.25, 0.3) is 0 Å². The number of carboxylic acids is 1. The van der Waals surface area contributed by atoms with E-state index in [1.807, 2.05) is 24.3 Å². The molecule has 2 aromatic carbocycles. The monoisotopic (exact) mass is 452 g/mol. The number of ether oxygens (including phenoxy) is 1. The fourth-order valence-electron chi connectivity index (χ4n) is 4.59. The van der Waals surface area contributed by atoms with Gasteiger partial charge in [-0.25, -0.2) is 15.1 Å². The molecule has 33 heavy (non-hydrogen) atoms. The molecule has 0 radical (unpaired) electrons. The minimum absolute atomic E-state index is 0.0285. The van der Waals surface area contributed by atoms with Gasteiger partial charge in [-0.1, -0.05) is 48.5 Å². The van der Waals surface area contributed by atoms with Crippen molar-refractivity contribution in [1.29, 1.82) is 0 Å². The second-order valence-corrected chi connectivity index (χ2v) is 8.74. The van der Waals surface area contributed by atoms with Crippen LogP contribution in [0.4, 0.5) is 4.79 Å². The predicted molar refractivity (Wildman–Crippen MR) is 120 cm³/mol. The standard InChI is InChI=1S/C25H28N2O6/c1-15(24(29)30)33-27-23(28)12-16-10-17(11-16)13-26-25(31)32-14-22-20-8-4-2-6-18(20)19-7-3-5-9-21(19)22/h2-9,15-17,22H,10-14H2,1H3,(H,26,31)(H,27,28)(H,29,30). The number of hydrogen-bond acceptors (Lipinski definition) is 5. The van der Waals surface area contributed by atoms with Crippen molar-refractivity contribution in [3.63, 3.8) is 0 Å². The van der Waals surface area contributed by atoms with E-state index in [1.54, 1.807) is 0 Å². The first kappa shape index (κ1) is 22.8. The zero-order chi connectivity index (χ0) is 23.4. The van der Waals surface area contributed by atoms with E-state index < -0.39 is 18.2 Å². The Kier molecular flexibility index (Phi) is 6.93. The Labute approximate surface area is 192 Å². The maximum absolute atomic E-state index is 12.3. The average Bonchev–Trinajstić information content (AvgIpc) is 3.11. The van der Waals surface area contributed by atoms with Crippen LogP contribution in [0, 0.1) is 11.8 Å². The number of carbonyl (C=O) groups is 3. The van der Waals surface area contributed by atoms with E-state index in [1.165, 1.54) is 29.2 Å². The van der Waals surface area contributed by atoms with Crippen LogP contribution in [-0.4, -0.2) is 42.3 Å². The highest BCUT2D eigenvalue weighted by molar-refractivity contribution is 5.79. The first-order chi connectivity index (χ1) is 15.9. The number of hydrogen-bond donors (Lipinski definition) is 3. The number of rotatable bonds is 9. The van der Waals surface area contributed by atoms with E-state index in [9.17, 15) is 14.4 Å². The lowest BCUT2D eigenvalue weighted by Gasteiger charge is -2.34. The normalized spacial score (nSPS) is 19.5. The summed E-state index contributed by atoms with van der Waals surface area (Å²) in [6.07, 6.45) is 0.365. The summed E-state index contributed by atoms with van der Waals surface area (Å²) < 4.78 is 5.55. The van der Waals surface area contributed by atoms with Crippen LogP contribution in [-0.2, 0) is 19.2 Å². The number of fused-ring (bicyclic) bond motifs is 3. The third-order valence-electron chi connectivity index (χ3n) is 6.38. The van der Waals surface area contributed by atoms with Gasteiger partial charge in [-0.3, -0.25) is 9.63 Å². The molecule has 4 rings (SSSR count). The highest BCUT2D eigenvalue weighted by atomic mass is 16.7. The largest absolute Gasteiger partial charge is 0.479 e. The Morgan fingerprint density at radius 1 is 1.00 bits per heavy atom. The second-order valence-electron chi connectivity index (χ2n) is 8.74. The molecule has 0 aromatic heterocycles. The quantitative estimate of drug-likeness (QED) is 0.502. The number of carboxylic acid groups (broad SMARTS) is 1. The summed E-state index contributed by atoms with van der Waals surface area (Å²) in [6, 6.07) is 16.4. The van der Waals surface area contributed by atoms with Crippen LogP contribution in [0.15, 0.2) is 48.5 Å². The van der Waals surface area contributed by atoms with Crippen molar-refractivity contribution in [1.82, 2.24) is 10.8 Å². The van der Waals surface area contributed by atoms with Gasteiger partial charge in [0, 0.05) is 18.9 Å². The number of alkyl carbamates (subject to hydrolysis) is 1.